The molecule has 0 unspecified atom stereocenters. The second-order valence-electron chi connectivity index (χ2n) is 9.53. The highest BCUT2D eigenvalue weighted by atomic mass is 32.2. The number of nitrogens with zero attached hydrogens (tertiary/aromatic N) is 1. The second kappa shape index (κ2) is 11.1. The summed E-state index contributed by atoms with van der Waals surface area (Å²) in [5, 5.41) is 2.81. The molecule has 39 heavy (non-hydrogen) atoms. The van der Waals surface area contributed by atoms with E-state index in [1.807, 2.05) is 30.3 Å². The molecule has 11 heteroatoms. The molecule has 2 amide bonds. The van der Waals surface area contributed by atoms with Crippen molar-refractivity contribution in [1.82, 2.24) is 9.62 Å². The maximum Gasteiger partial charge on any atom is 0.254 e. The van der Waals surface area contributed by atoms with Gasteiger partial charge in [-0.05, 0) is 48.4 Å². The molecule has 0 aromatic heterocycles. The summed E-state index contributed by atoms with van der Waals surface area (Å²) < 4.78 is 52.0. The van der Waals surface area contributed by atoms with Crippen LogP contribution >= 0.6 is 0 Å². The van der Waals surface area contributed by atoms with Crippen LogP contribution in [0.5, 0.6) is 5.75 Å². The lowest BCUT2D eigenvalue weighted by Crippen LogP contribution is -2.48. The van der Waals surface area contributed by atoms with Crippen LogP contribution in [0, 0.1) is 5.82 Å². The van der Waals surface area contributed by atoms with Gasteiger partial charge in [-0.3, -0.25) is 9.59 Å². The lowest BCUT2D eigenvalue weighted by molar-refractivity contribution is -0.119. The highest BCUT2D eigenvalue weighted by Crippen LogP contribution is 2.34. The highest BCUT2D eigenvalue weighted by molar-refractivity contribution is 7.89. The summed E-state index contributed by atoms with van der Waals surface area (Å²) in [6.07, 6.45) is 0.389. The third-order valence-electron chi connectivity index (χ3n) is 6.91. The largest absolute Gasteiger partial charge is 0.495 e. The van der Waals surface area contributed by atoms with Crippen LogP contribution in [0.3, 0.4) is 0 Å². The van der Waals surface area contributed by atoms with Crippen LogP contribution in [0.2, 0.25) is 0 Å². The smallest absolute Gasteiger partial charge is 0.254 e. The number of halogens is 1. The van der Waals surface area contributed by atoms with Crippen LogP contribution in [0.15, 0.2) is 77.7 Å². The number of amides is 2. The maximum atomic E-state index is 13.5. The van der Waals surface area contributed by atoms with Crippen molar-refractivity contribution >= 4 is 27.5 Å². The molecule has 2 atom stereocenters. The van der Waals surface area contributed by atoms with E-state index in [9.17, 15) is 22.4 Å². The molecule has 2 heterocycles. The van der Waals surface area contributed by atoms with Crippen molar-refractivity contribution in [3.63, 3.8) is 0 Å². The Morgan fingerprint density at radius 3 is 2.38 bits per heavy atom. The van der Waals surface area contributed by atoms with E-state index in [1.54, 1.807) is 0 Å². The first-order chi connectivity index (χ1) is 18.7. The fraction of sp³-hybridized carbons (Fsp3) is 0.286. The molecule has 2 fully saturated rings. The molecule has 0 aliphatic carbocycles. The molecule has 2 saturated heterocycles. The number of sulfonamides is 1. The molecular formula is C28H28FN3O6S. The summed E-state index contributed by atoms with van der Waals surface area (Å²) in [6.45, 7) is 0.914. The normalized spacial score (nSPS) is 19.4. The Hall–Kier alpha value is -3.80. The summed E-state index contributed by atoms with van der Waals surface area (Å²) >= 11 is 0. The van der Waals surface area contributed by atoms with E-state index in [-0.39, 0.29) is 34.1 Å². The van der Waals surface area contributed by atoms with Crippen molar-refractivity contribution in [3.8, 4) is 5.75 Å². The van der Waals surface area contributed by atoms with E-state index in [0.29, 0.717) is 31.9 Å². The molecule has 2 aliphatic rings. The van der Waals surface area contributed by atoms with E-state index >= 15 is 0 Å². The predicted molar refractivity (Wildman–Crippen MR) is 142 cm³/mol. The van der Waals surface area contributed by atoms with Crippen molar-refractivity contribution < 1.29 is 31.9 Å². The number of benzene rings is 3. The van der Waals surface area contributed by atoms with Crippen molar-refractivity contribution in [1.29, 1.82) is 0 Å². The Labute approximate surface area is 226 Å². The number of ether oxygens (including phenoxy) is 2. The van der Waals surface area contributed by atoms with E-state index < -0.39 is 27.8 Å². The van der Waals surface area contributed by atoms with Crippen LogP contribution in [-0.4, -0.2) is 64.1 Å². The van der Waals surface area contributed by atoms with Gasteiger partial charge in [-0.25, -0.2) is 17.5 Å². The average molecular weight is 554 g/mol. The average Bonchev–Trinajstić information content (AvgIpc) is 3.37. The number of carbonyl (C=O) groups excluding carboxylic acids is 2. The van der Waals surface area contributed by atoms with Gasteiger partial charge in [0.25, 0.3) is 5.91 Å². The monoisotopic (exact) mass is 553 g/mol. The number of carbonyl (C=O) groups is 2. The fourth-order valence-electron chi connectivity index (χ4n) is 4.81. The Balaban J connectivity index is 1.38. The SMILES string of the molecule is COc1cc(NC(=O)[C@@H]2C[C@@H](c3ccccc3)CN2C(=O)c2ccc(F)cc2)ccc1S(=O)(=O)NC1COC1. The minimum atomic E-state index is -3.86. The highest BCUT2D eigenvalue weighted by Gasteiger charge is 2.40. The summed E-state index contributed by atoms with van der Waals surface area (Å²) in [5.41, 5.74) is 1.61. The Kier molecular flexibility index (Phi) is 7.65. The number of nitrogens with one attached hydrogen (secondary N) is 2. The van der Waals surface area contributed by atoms with Gasteiger partial charge < -0.3 is 19.7 Å². The third kappa shape index (κ3) is 5.80. The lowest BCUT2D eigenvalue weighted by atomic mass is 9.96. The Morgan fingerprint density at radius 1 is 1.03 bits per heavy atom. The van der Waals surface area contributed by atoms with Gasteiger partial charge >= 0.3 is 0 Å². The zero-order chi connectivity index (χ0) is 27.6. The van der Waals surface area contributed by atoms with E-state index in [0.717, 1.165) is 5.56 Å². The van der Waals surface area contributed by atoms with Gasteiger partial charge in [-0.1, -0.05) is 30.3 Å². The quantitative estimate of drug-likeness (QED) is 0.443. The number of rotatable bonds is 8. The minimum absolute atomic E-state index is 0.0620. The zero-order valence-corrected chi connectivity index (χ0v) is 22.0. The molecule has 0 radical (unpaired) electrons. The second-order valence-corrected chi connectivity index (χ2v) is 11.2. The van der Waals surface area contributed by atoms with Crippen LogP contribution in [0.25, 0.3) is 0 Å². The third-order valence-corrected chi connectivity index (χ3v) is 8.47. The van der Waals surface area contributed by atoms with Gasteiger partial charge in [-0.15, -0.1) is 0 Å². The lowest BCUT2D eigenvalue weighted by Gasteiger charge is -2.27. The summed E-state index contributed by atoms with van der Waals surface area (Å²) in [7, 11) is -2.52. The van der Waals surface area contributed by atoms with E-state index in [4.69, 9.17) is 9.47 Å². The van der Waals surface area contributed by atoms with E-state index in [2.05, 4.69) is 10.0 Å². The maximum absolute atomic E-state index is 13.5. The molecule has 2 N–H and O–H groups in total. The fourth-order valence-corrected chi connectivity index (χ4v) is 6.17. The van der Waals surface area contributed by atoms with Gasteiger partial charge in [-0.2, -0.15) is 0 Å². The number of hydrogen-bond donors (Lipinski definition) is 2. The topological polar surface area (TPSA) is 114 Å². The zero-order valence-electron chi connectivity index (χ0n) is 21.2. The van der Waals surface area contributed by atoms with Gasteiger partial charge in [0, 0.05) is 29.8 Å². The molecule has 0 saturated carbocycles. The standard InChI is InChI=1S/C28H28FN3O6S/c1-37-25-14-22(11-12-26(25)39(35,36)31-23-16-38-17-23)30-27(33)24-13-20(18-5-3-2-4-6-18)15-32(24)28(34)19-7-9-21(29)10-8-19/h2-12,14,20,23-24,31H,13,15-17H2,1H3,(H,30,33)/t20-,24+/m1/s1. The van der Waals surface area contributed by atoms with E-state index in [1.165, 1.54) is 54.5 Å². The Morgan fingerprint density at radius 2 is 1.74 bits per heavy atom. The van der Waals surface area contributed by atoms with Gasteiger partial charge in [0.15, 0.2) is 0 Å². The van der Waals surface area contributed by atoms with Crippen molar-refractivity contribution in [2.45, 2.75) is 29.3 Å². The molecule has 0 spiro atoms. The van der Waals surface area contributed by atoms with Gasteiger partial charge in [0.1, 0.15) is 22.5 Å². The van der Waals surface area contributed by atoms with Crippen molar-refractivity contribution in [2.75, 3.05) is 32.2 Å². The minimum Gasteiger partial charge on any atom is -0.495 e. The molecule has 204 valence electrons. The molecule has 3 aromatic carbocycles. The Bertz CT molecular complexity index is 1460. The van der Waals surface area contributed by atoms with Crippen molar-refractivity contribution in [3.05, 3.63) is 89.7 Å². The first-order valence-electron chi connectivity index (χ1n) is 12.5. The summed E-state index contributed by atoms with van der Waals surface area (Å²) in [6, 6.07) is 18.0. The van der Waals surface area contributed by atoms with Crippen molar-refractivity contribution in [2.24, 2.45) is 0 Å². The van der Waals surface area contributed by atoms with Gasteiger partial charge in [0.2, 0.25) is 15.9 Å². The number of anilines is 1. The molecule has 9 nitrogen and oxygen atoms in total. The summed E-state index contributed by atoms with van der Waals surface area (Å²) in [4.78, 5) is 28.4. The molecule has 0 bridgehead atoms. The van der Waals surface area contributed by atoms with Gasteiger partial charge in [0.05, 0.1) is 26.4 Å². The molecular weight excluding hydrogens is 525 g/mol. The van der Waals surface area contributed by atoms with Crippen LogP contribution in [0.4, 0.5) is 10.1 Å². The molecule has 2 aliphatic heterocycles. The van der Waals surface area contributed by atoms with Crippen LogP contribution in [-0.2, 0) is 19.6 Å². The molecule has 3 aromatic rings. The predicted octanol–water partition coefficient (Wildman–Crippen LogP) is 3.15. The van der Waals surface area contributed by atoms with Crippen LogP contribution in [0.1, 0.15) is 28.3 Å². The number of likely N-dealkylation sites (tertiary alicyclic amines) is 1. The van der Waals surface area contributed by atoms with Crippen LogP contribution < -0.4 is 14.8 Å². The first kappa shape index (κ1) is 26.8. The first-order valence-corrected chi connectivity index (χ1v) is 13.9. The number of hydrogen-bond acceptors (Lipinski definition) is 6. The molecule has 5 rings (SSSR count). The summed E-state index contributed by atoms with van der Waals surface area (Å²) in [5.74, 6) is -1.27. The number of methoxy groups -OCH3 is 1.